The summed E-state index contributed by atoms with van der Waals surface area (Å²) in [7, 11) is 0. The van der Waals surface area contributed by atoms with Crippen LogP contribution in [-0.2, 0) is 11.3 Å². The van der Waals surface area contributed by atoms with Crippen molar-refractivity contribution < 1.29 is 14.0 Å². The third-order valence-electron chi connectivity index (χ3n) is 3.08. The lowest BCUT2D eigenvalue weighted by Gasteiger charge is -2.07. The first kappa shape index (κ1) is 15.6. The number of aromatic nitrogens is 1. The molecular formula is C15H17N3O4. The fourth-order valence-corrected chi connectivity index (χ4v) is 1.98. The van der Waals surface area contributed by atoms with Crippen molar-refractivity contribution in [1.82, 2.24) is 15.4 Å². The van der Waals surface area contributed by atoms with E-state index in [-0.39, 0.29) is 24.4 Å². The molecule has 2 N–H and O–H groups in total. The van der Waals surface area contributed by atoms with Crippen molar-refractivity contribution in [2.24, 2.45) is 0 Å². The van der Waals surface area contributed by atoms with Crippen LogP contribution in [0.15, 0.2) is 39.7 Å². The maximum absolute atomic E-state index is 11.9. The third-order valence-corrected chi connectivity index (χ3v) is 3.08. The molecule has 0 unspecified atom stereocenters. The van der Waals surface area contributed by atoms with E-state index in [0.29, 0.717) is 17.1 Å². The molecule has 2 heterocycles. The van der Waals surface area contributed by atoms with E-state index >= 15 is 0 Å². The molecule has 2 rings (SSSR count). The van der Waals surface area contributed by atoms with Gasteiger partial charge in [0.05, 0.1) is 5.56 Å². The Kier molecular flexibility index (Phi) is 4.77. The Morgan fingerprint density at radius 3 is 2.64 bits per heavy atom. The number of hydrogen-bond donors (Lipinski definition) is 2. The summed E-state index contributed by atoms with van der Waals surface area (Å²) in [4.78, 5) is 35.0. The molecular weight excluding hydrogens is 286 g/mol. The molecule has 0 bridgehead atoms. The van der Waals surface area contributed by atoms with Gasteiger partial charge in [-0.2, -0.15) is 0 Å². The van der Waals surface area contributed by atoms with Gasteiger partial charge in [-0.05, 0) is 26.0 Å². The Hall–Kier alpha value is -2.83. The minimum atomic E-state index is -0.445. The summed E-state index contributed by atoms with van der Waals surface area (Å²) < 4.78 is 6.67. The largest absolute Gasteiger partial charge is 0.466 e. The van der Waals surface area contributed by atoms with Crippen LogP contribution in [0.3, 0.4) is 0 Å². The quantitative estimate of drug-likeness (QED) is 0.821. The number of nitrogens with one attached hydrogen (secondary N) is 2. The van der Waals surface area contributed by atoms with Crippen molar-refractivity contribution >= 4 is 11.8 Å². The lowest BCUT2D eigenvalue weighted by molar-refractivity contribution is -0.122. The van der Waals surface area contributed by atoms with Gasteiger partial charge in [0.25, 0.3) is 11.5 Å². The van der Waals surface area contributed by atoms with Crippen molar-refractivity contribution in [3.05, 3.63) is 57.9 Å². The molecule has 0 saturated heterocycles. The standard InChI is InChI=1S/C15H17N3O4/c1-10-9-12(11(2)22-10)15(21)17-16-13(19)6-8-18-7-4-3-5-14(18)20/h3-5,7,9H,6,8H2,1-2H3,(H,16,19)(H,17,21). The zero-order valence-electron chi connectivity index (χ0n) is 12.4. The van der Waals surface area contributed by atoms with Gasteiger partial charge < -0.3 is 8.98 Å². The van der Waals surface area contributed by atoms with Gasteiger partial charge in [0.2, 0.25) is 5.91 Å². The van der Waals surface area contributed by atoms with Crippen LogP contribution in [0.5, 0.6) is 0 Å². The fraction of sp³-hybridized carbons (Fsp3) is 0.267. The number of rotatable bonds is 4. The summed E-state index contributed by atoms with van der Waals surface area (Å²) in [6, 6.07) is 6.36. The third kappa shape index (κ3) is 3.85. The van der Waals surface area contributed by atoms with Gasteiger partial charge in [0.15, 0.2) is 0 Å². The first-order valence-electron chi connectivity index (χ1n) is 6.79. The Balaban J connectivity index is 1.83. The molecule has 0 aliphatic heterocycles. The summed E-state index contributed by atoms with van der Waals surface area (Å²) in [5.41, 5.74) is 4.82. The number of aryl methyl sites for hydroxylation is 3. The summed E-state index contributed by atoms with van der Waals surface area (Å²) in [5, 5.41) is 0. The Labute approximate surface area is 126 Å². The molecule has 0 aromatic carbocycles. The Morgan fingerprint density at radius 1 is 1.23 bits per heavy atom. The minimum absolute atomic E-state index is 0.0770. The lowest BCUT2D eigenvalue weighted by Crippen LogP contribution is -2.42. The predicted molar refractivity (Wildman–Crippen MR) is 79.1 cm³/mol. The molecule has 0 radical (unpaired) electrons. The number of furan rings is 1. The second-order valence-corrected chi connectivity index (χ2v) is 4.81. The molecule has 116 valence electrons. The minimum Gasteiger partial charge on any atom is -0.466 e. The van der Waals surface area contributed by atoms with E-state index in [0.717, 1.165) is 0 Å². The zero-order valence-corrected chi connectivity index (χ0v) is 12.4. The van der Waals surface area contributed by atoms with Crippen LogP contribution in [0.1, 0.15) is 28.3 Å². The van der Waals surface area contributed by atoms with Crippen molar-refractivity contribution in [2.45, 2.75) is 26.8 Å². The number of nitrogens with zero attached hydrogens (tertiary/aromatic N) is 1. The molecule has 0 aliphatic carbocycles. The maximum Gasteiger partial charge on any atom is 0.273 e. The second-order valence-electron chi connectivity index (χ2n) is 4.81. The number of carbonyl (C=O) groups is 2. The number of hydrazine groups is 1. The van der Waals surface area contributed by atoms with Crippen LogP contribution in [-0.4, -0.2) is 16.4 Å². The van der Waals surface area contributed by atoms with Gasteiger partial charge >= 0.3 is 0 Å². The molecule has 7 heteroatoms. The summed E-state index contributed by atoms with van der Waals surface area (Å²) in [6.07, 6.45) is 1.68. The molecule has 0 fully saturated rings. The van der Waals surface area contributed by atoms with E-state index in [1.165, 1.54) is 10.6 Å². The summed E-state index contributed by atoms with van der Waals surface area (Å²) >= 11 is 0. The van der Waals surface area contributed by atoms with Crippen LogP contribution in [0.25, 0.3) is 0 Å². The molecule has 2 amide bonds. The highest BCUT2D eigenvalue weighted by atomic mass is 16.3. The average molecular weight is 303 g/mol. The SMILES string of the molecule is Cc1cc(C(=O)NNC(=O)CCn2ccccc2=O)c(C)o1. The van der Waals surface area contributed by atoms with Gasteiger partial charge in [-0.25, -0.2) is 0 Å². The topological polar surface area (TPSA) is 93.3 Å². The fourth-order valence-electron chi connectivity index (χ4n) is 1.98. The van der Waals surface area contributed by atoms with Gasteiger partial charge in [-0.15, -0.1) is 0 Å². The summed E-state index contributed by atoms with van der Waals surface area (Å²) in [5.74, 6) is 0.277. The van der Waals surface area contributed by atoms with Crippen LogP contribution in [0, 0.1) is 13.8 Å². The molecule has 0 atom stereocenters. The average Bonchev–Trinajstić information content (AvgIpc) is 2.82. The highest BCUT2D eigenvalue weighted by Gasteiger charge is 2.14. The number of amides is 2. The number of pyridine rings is 1. The van der Waals surface area contributed by atoms with E-state index in [9.17, 15) is 14.4 Å². The lowest BCUT2D eigenvalue weighted by atomic mass is 10.2. The first-order valence-corrected chi connectivity index (χ1v) is 6.79. The highest BCUT2D eigenvalue weighted by Crippen LogP contribution is 2.12. The maximum atomic E-state index is 11.9. The van der Waals surface area contributed by atoms with Gasteiger partial charge in [-0.1, -0.05) is 6.07 Å². The first-order chi connectivity index (χ1) is 10.5. The predicted octanol–water partition coefficient (Wildman–Crippen LogP) is 0.909. The van der Waals surface area contributed by atoms with Crippen LogP contribution < -0.4 is 16.4 Å². The number of hydrogen-bond acceptors (Lipinski definition) is 4. The smallest absolute Gasteiger partial charge is 0.273 e. The normalized spacial score (nSPS) is 10.3. The molecule has 0 aliphatic rings. The number of carbonyl (C=O) groups excluding carboxylic acids is 2. The van der Waals surface area contributed by atoms with Crippen LogP contribution >= 0.6 is 0 Å². The van der Waals surface area contributed by atoms with Crippen molar-refractivity contribution in [2.75, 3.05) is 0 Å². The van der Waals surface area contributed by atoms with E-state index in [1.807, 2.05) is 0 Å². The Bertz CT molecular complexity index is 745. The van der Waals surface area contributed by atoms with Crippen LogP contribution in [0.2, 0.25) is 0 Å². The molecule has 7 nitrogen and oxygen atoms in total. The molecule has 2 aromatic heterocycles. The monoisotopic (exact) mass is 303 g/mol. The molecule has 0 spiro atoms. The van der Waals surface area contributed by atoms with Crippen LogP contribution in [0.4, 0.5) is 0 Å². The molecule has 22 heavy (non-hydrogen) atoms. The van der Waals surface area contributed by atoms with Gasteiger partial charge in [-0.3, -0.25) is 25.2 Å². The summed E-state index contributed by atoms with van der Waals surface area (Å²) in [6.45, 7) is 3.65. The van der Waals surface area contributed by atoms with E-state index < -0.39 is 5.91 Å². The van der Waals surface area contributed by atoms with Crippen molar-refractivity contribution in [3.63, 3.8) is 0 Å². The highest BCUT2D eigenvalue weighted by molar-refractivity contribution is 5.96. The van der Waals surface area contributed by atoms with Crippen molar-refractivity contribution in [1.29, 1.82) is 0 Å². The molecule has 0 saturated carbocycles. The van der Waals surface area contributed by atoms with Gasteiger partial charge in [0, 0.05) is 25.2 Å². The Morgan fingerprint density at radius 2 is 2.00 bits per heavy atom. The van der Waals surface area contributed by atoms with Crippen molar-refractivity contribution in [3.8, 4) is 0 Å². The van der Waals surface area contributed by atoms with E-state index in [4.69, 9.17) is 4.42 Å². The second kappa shape index (κ2) is 6.75. The van der Waals surface area contributed by atoms with E-state index in [2.05, 4.69) is 10.9 Å². The zero-order chi connectivity index (χ0) is 16.1. The van der Waals surface area contributed by atoms with Gasteiger partial charge in [0.1, 0.15) is 11.5 Å². The van der Waals surface area contributed by atoms with E-state index in [1.54, 1.807) is 38.2 Å². The molecule has 2 aromatic rings.